The molecule has 2 fully saturated rings. The molecule has 1 saturated heterocycles. The van der Waals surface area contributed by atoms with Gasteiger partial charge in [-0.15, -0.1) is 0 Å². The fourth-order valence-electron chi connectivity index (χ4n) is 2.45. The van der Waals surface area contributed by atoms with E-state index >= 15 is 0 Å². The molecule has 1 spiro atoms. The molecule has 80 valence electrons. The molecule has 1 aliphatic carbocycles. The summed E-state index contributed by atoms with van der Waals surface area (Å²) >= 11 is 6.09. The molecule has 0 radical (unpaired) electrons. The third kappa shape index (κ3) is 1.18. The third-order valence-corrected chi connectivity index (χ3v) is 3.87. The molecule has 0 N–H and O–H groups in total. The fraction of sp³-hybridized carbons (Fsp3) is 0.900. The normalized spacial score (nSPS) is 44.0. The van der Waals surface area contributed by atoms with E-state index in [0.29, 0.717) is 0 Å². The van der Waals surface area contributed by atoms with Gasteiger partial charge in [-0.3, -0.25) is 0 Å². The average Bonchev–Trinajstić information content (AvgIpc) is 2.53. The summed E-state index contributed by atoms with van der Waals surface area (Å²) < 4.78 is 10.1. The summed E-state index contributed by atoms with van der Waals surface area (Å²) in [5.41, 5.74) is -0.240. The molecule has 2 atom stereocenters. The predicted octanol–water partition coefficient (Wildman–Crippen LogP) is 2.07. The van der Waals surface area contributed by atoms with Crippen molar-refractivity contribution in [3.8, 4) is 0 Å². The summed E-state index contributed by atoms with van der Waals surface area (Å²) in [6.45, 7) is 4.33. The van der Waals surface area contributed by atoms with E-state index in [4.69, 9.17) is 16.3 Å². The van der Waals surface area contributed by atoms with Crippen molar-refractivity contribution < 1.29 is 14.3 Å². The molecule has 2 rings (SSSR count). The Labute approximate surface area is 88.7 Å². The molecule has 2 aliphatic rings. The highest BCUT2D eigenvalue weighted by Gasteiger charge is 2.77. The Kier molecular flexibility index (Phi) is 1.93. The van der Waals surface area contributed by atoms with Crippen molar-refractivity contribution in [2.24, 2.45) is 5.41 Å². The van der Waals surface area contributed by atoms with E-state index in [9.17, 15) is 4.79 Å². The second-order valence-electron chi connectivity index (χ2n) is 5.02. The summed E-state index contributed by atoms with van der Waals surface area (Å²) in [7, 11) is 1.34. The van der Waals surface area contributed by atoms with Crippen LogP contribution in [-0.2, 0) is 14.3 Å². The van der Waals surface area contributed by atoms with Crippen LogP contribution in [-0.4, -0.2) is 23.7 Å². The minimum Gasteiger partial charge on any atom is -0.466 e. The summed E-state index contributed by atoms with van der Waals surface area (Å²) in [4.78, 5) is 11.4. The Morgan fingerprint density at radius 1 is 1.43 bits per heavy atom. The molecule has 2 unspecified atom stereocenters. The summed E-state index contributed by atoms with van der Waals surface area (Å²) in [5.74, 6) is -0.461. The number of esters is 1. The molecule has 0 aromatic heterocycles. The SMILES string of the molecule is COC(=O)C1(Cl)OC12CCC(C)(C)C2. The number of alkyl halides is 1. The number of hydrogen-bond acceptors (Lipinski definition) is 3. The maximum atomic E-state index is 11.4. The van der Waals surface area contributed by atoms with Crippen LogP contribution in [0.15, 0.2) is 0 Å². The van der Waals surface area contributed by atoms with Gasteiger partial charge in [-0.2, -0.15) is 0 Å². The van der Waals surface area contributed by atoms with Crippen molar-refractivity contribution in [2.45, 2.75) is 43.8 Å². The first-order valence-corrected chi connectivity index (χ1v) is 5.21. The molecule has 0 aromatic rings. The van der Waals surface area contributed by atoms with Crippen molar-refractivity contribution in [3.63, 3.8) is 0 Å². The van der Waals surface area contributed by atoms with E-state index in [-0.39, 0.29) is 5.41 Å². The van der Waals surface area contributed by atoms with Crippen LogP contribution in [0.25, 0.3) is 0 Å². The maximum Gasteiger partial charge on any atom is 0.357 e. The second kappa shape index (κ2) is 2.64. The van der Waals surface area contributed by atoms with Gasteiger partial charge in [0, 0.05) is 0 Å². The van der Waals surface area contributed by atoms with E-state index in [2.05, 4.69) is 18.6 Å². The Morgan fingerprint density at radius 3 is 2.50 bits per heavy atom. The molecule has 1 aliphatic heterocycles. The molecule has 1 heterocycles. The van der Waals surface area contributed by atoms with Gasteiger partial charge in [0.1, 0.15) is 5.60 Å². The molecule has 3 nitrogen and oxygen atoms in total. The lowest BCUT2D eigenvalue weighted by molar-refractivity contribution is -0.143. The molecule has 0 amide bonds. The predicted molar refractivity (Wildman–Crippen MR) is 52.0 cm³/mol. The van der Waals surface area contributed by atoms with Crippen LogP contribution in [0.2, 0.25) is 0 Å². The fourth-order valence-corrected chi connectivity index (χ4v) is 2.84. The Balaban J connectivity index is 2.14. The molecule has 14 heavy (non-hydrogen) atoms. The lowest BCUT2D eigenvalue weighted by Gasteiger charge is -2.15. The standard InChI is InChI=1S/C10H15ClO3/c1-8(2)4-5-9(6-8)10(11,14-9)7(12)13-3/h4-6H2,1-3H3. The monoisotopic (exact) mass is 218 g/mol. The molecule has 1 saturated carbocycles. The van der Waals surface area contributed by atoms with Gasteiger partial charge in [0.25, 0.3) is 5.06 Å². The lowest BCUT2D eigenvalue weighted by Crippen LogP contribution is -2.29. The quantitative estimate of drug-likeness (QED) is 0.384. The number of halogens is 1. The number of methoxy groups -OCH3 is 1. The average molecular weight is 219 g/mol. The highest BCUT2D eigenvalue weighted by Crippen LogP contribution is 2.64. The molecular weight excluding hydrogens is 204 g/mol. The number of ether oxygens (including phenoxy) is 2. The van der Waals surface area contributed by atoms with Crippen molar-refractivity contribution in [1.29, 1.82) is 0 Å². The van der Waals surface area contributed by atoms with Crippen LogP contribution in [0.1, 0.15) is 33.1 Å². The first-order chi connectivity index (χ1) is 6.35. The largest absolute Gasteiger partial charge is 0.466 e. The van der Waals surface area contributed by atoms with Gasteiger partial charge in [0.15, 0.2) is 0 Å². The number of carbonyl (C=O) groups is 1. The van der Waals surface area contributed by atoms with E-state index in [0.717, 1.165) is 19.3 Å². The third-order valence-electron chi connectivity index (χ3n) is 3.30. The molecule has 0 bridgehead atoms. The van der Waals surface area contributed by atoms with E-state index in [1.54, 1.807) is 0 Å². The van der Waals surface area contributed by atoms with Crippen molar-refractivity contribution in [2.75, 3.05) is 7.11 Å². The zero-order valence-corrected chi connectivity index (χ0v) is 9.48. The number of epoxide rings is 1. The van der Waals surface area contributed by atoms with Crippen molar-refractivity contribution in [3.05, 3.63) is 0 Å². The zero-order chi connectivity index (χ0) is 10.6. The van der Waals surface area contributed by atoms with Crippen LogP contribution in [0, 0.1) is 5.41 Å². The van der Waals surface area contributed by atoms with Gasteiger partial charge >= 0.3 is 5.97 Å². The first kappa shape index (κ1) is 10.2. The van der Waals surface area contributed by atoms with Gasteiger partial charge in [0.05, 0.1) is 7.11 Å². The lowest BCUT2D eigenvalue weighted by atomic mass is 9.89. The van der Waals surface area contributed by atoms with Gasteiger partial charge < -0.3 is 9.47 Å². The second-order valence-corrected chi connectivity index (χ2v) is 5.56. The van der Waals surface area contributed by atoms with Crippen molar-refractivity contribution >= 4 is 17.6 Å². The Morgan fingerprint density at radius 2 is 2.07 bits per heavy atom. The smallest absolute Gasteiger partial charge is 0.357 e. The minimum absolute atomic E-state index is 0.213. The van der Waals surface area contributed by atoms with Gasteiger partial charge in [-0.25, -0.2) is 4.79 Å². The van der Waals surface area contributed by atoms with E-state index in [1.807, 2.05) is 0 Å². The molecule has 4 heteroatoms. The minimum atomic E-state index is -1.20. The van der Waals surface area contributed by atoms with Gasteiger partial charge in [0.2, 0.25) is 0 Å². The number of carbonyl (C=O) groups excluding carboxylic acids is 1. The summed E-state index contributed by atoms with van der Waals surface area (Å²) in [6, 6.07) is 0. The summed E-state index contributed by atoms with van der Waals surface area (Å²) in [5, 5.41) is -1.20. The van der Waals surface area contributed by atoms with Crippen molar-refractivity contribution in [1.82, 2.24) is 0 Å². The van der Waals surface area contributed by atoms with Crippen LogP contribution >= 0.6 is 11.6 Å². The Hall–Kier alpha value is -0.280. The maximum absolute atomic E-state index is 11.4. The number of rotatable bonds is 1. The van der Waals surface area contributed by atoms with Crippen LogP contribution in [0.3, 0.4) is 0 Å². The van der Waals surface area contributed by atoms with E-state index in [1.165, 1.54) is 7.11 Å². The highest BCUT2D eigenvalue weighted by atomic mass is 35.5. The van der Waals surface area contributed by atoms with Gasteiger partial charge in [-0.05, 0) is 24.7 Å². The number of hydrogen-bond donors (Lipinski definition) is 0. The Bertz CT molecular complexity index is 289. The van der Waals surface area contributed by atoms with Crippen LogP contribution in [0.5, 0.6) is 0 Å². The first-order valence-electron chi connectivity index (χ1n) is 4.83. The van der Waals surface area contributed by atoms with Crippen LogP contribution in [0.4, 0.5) is 0 Å². The van der Waals surface area contributed by atoms with Crippen LogP contribution < -0.4 is 0 Å². The summed E-state index contributed by atoms with van der Waals surface area (Å²) in [6.07, 6.45) is 2.72. The van der Waals surface area contributed by atoms with Gasteiger partial charge in [-0.1, -0.05) is 25.4 Å². The molecular formula is C10H15ClO3. The topological polar surface area (TPSA) is 38.8 Å². The highest BCUT2D eigenvalue weighted by molar-refractivity contribution is 6.36. The zero-order valence-electron chi connectivity index (χ0n) is 8.72. The van der Waals surface area contributed by atoms with E-state index < -0.39 is 16.6 Å². The molecule has 0 aromatic carbocycles.